The third-order valence-electron chi connectivity index (χ3n) is 6.13. The number of benzene rings is 2. The lowest BCUT2D eigenvalue weighted by Gasteiger charge is -2.34. The smallest absolute Gasteiger partial charge is 0.493 e. The molecule has 2 fully saturated rings. The maximum atomic E-state index is 12.7. The van der Waals surface area contributed by atoms with Crippen molar-refractivity contribution >= 4 is 17.9 Å². The Balaban J connectivity index is 1.21. The lowest BCUT2D eigenvalue weighted by atomic mass is 9.90. The van der Waals surface area contributed by atoms with Crippen LogP contribution in [0.1, 0.15) is 42.5 Å². The molecule has 1 amide bonds. The van der Waals surface area contributed by atoms with Crippen molar-refractivity contribution < 1.29 is 27.4 Å². The van der Waals surface area contributed by atoms with Gasteiger partial charge in [0.05, 0.1) is 6.61 Å². The Bertz CT molecular complexity index is 924. The Labute approximate surface area is 202 Å². The Morgan fingerprint density at radius 3 is 2.12 bits per heavy atom. The van der Waals surface area contributed by atoms with Crippen molar-refractivity contribution in [1.29, 1.82) is 0 Å². The summed E-state index contributed by atoms with van der Waals surface area (Å²) in [7, 11) is 0. The molecule has 1 saturated heterocycles. The van der Waals surface area contributed by atoms with Crippen LogP contribution >= 0.6 is 11.9 Å². The number of alkyl halides is 3. The molecule has 9 heteroatoms. The molecule has 0 unspecified atom stereocenters. The Kier molecular flexibility index (Phi) is 8.26. The van der Waals surface area contributed by atoms with E-state index in [0.29, 0.717) is 37.7 Å². The van der Waals surface area contributed by atoms with Gasteiger partial charge < -0.3 is 14.4 Å². The summed E-state index contributed by atoms with van der Waals surface area (Å²) < 4.78 is 48.9. The maximum Gasteiger partial charge on any atom is 0.573 e. The molecule has 184 valence electrons. The van der Waals surface area contributed by atoms with Gasteiger partial charge in [-0.25, -0.2) is 4.31 Å². The molecule has 0 aromatic heterocycles. The second-order valence-electron chi connectivity index (χ2n) is 8.67. The fraction of sp³-hybridized carbons (Fsp3) is 0.480. The van der Waals surface area contributed by atoms with Crippen LogP contribution in [0, 0.1) is 5.92 Å². The van der Waals surface area contributed by atoms with E-state index in [1.807, 2.05) is 12.1 Å². The zero-order chi connectivity index (χ0) is 24.0. The number of piperazine rings is 1. The van der Waals surface area contributed by atoms with Crippen LogP contribution in [-0.4, -0.2) is 54.3 Å². The van der Waals surface area contributed by atoms with E-state index in [9.17, 15) is 18.0 Å². The fourth-order valence-corrected chi connectivity index (χ4v) is 5.18. The van der Waals surface area contributed by atoms with Crippen LogP contribution in [0.3, 0.4) is 0 Å². The monoisotopic (exact) mass is 494 g/mol. The first-order valence-corrected chi connectivity index (χ1v) is 12.4. The topological polar surface area (TPSA) is 42.0 Å². The standard InChI is InChI=1S/C25H29F3N2O3S/c26-25(27,28)33-22-8-6-20(7-9-22)24(31)29-14-16-30(17-15-29)34-23-12-10-21(11-13-23)32-18-19-4-2-1-3-5-19/h6-13,19H,1-5,14-18H2. The van der Waals surface area contributed by atoms with Crippen molar-refractivity contribution in [3.8, 4) is 11.5 Å². The predicted molar refractivity (Wildman–Crippen MR) is 125 cm³/mol. The minimum absolute atomic E-state index is 0.192. The van der Waals surface area contributed by atoms with Crippen molar-refractivity contribution in [2.24, 2.45) is 5.92 Å². The van der Waals surface area contributed by atoms with Crippen molar-refractivity contribution in [1.82, 2.24) is 9.21 Å². The van der Waals surface area contributed by atoms with E-state index in [4.69, 9.17) is 4.74 Å². The SMILES string of the molecule is O=C(c1ccc(OC(F)(F)F)cc1)N1CCN(Sc2ccc(OCC3CCCCC3)cc2)CC1. The number of carbonyl (C=O) groups is 1. The van der Waals surface area contributed by atoms with Gasteiger partial charge >= 0.3 is 6.36 Å². The number of ether oxygens (including phenoxy) is 2. The highest BCUT2D eigenvalue weighted by molar-refractivity contribution is 7.97. The average Bonchev–Trinajstić information content (AvgIpc) is 2.84. The van der Waals surface area contributed by atoms with Gasteiger partial charge in [0.2, 0.25) is 0 Å². The highest BCUT2D eigenvalue weighted by atomic mass is 32.2. The Morgan fingerprint density at radius 2 is 1.50 bits per heavy atom. The van der Waals surface area contributed by atoms with E-state index in [0.717, 1.165) is 29.4 Å². The van der Waals surface area contributed by atoms with Gasteiger partial charge in [0.15, 0.2) is 0 Å². The first-order valence-electron chi connectivity index (χ1n) is 11.7. The Hall–Kier alpha value is -2.39. The van der Waals surface area contributed by atoms with E-state index in [1.165, 1.54) is 44.2 Å². The van der Waals surface area contributed by atoms with Gasteiger partial charge in [0, 0.05) is 36.6 Å². The summed E-state index contributed by atoms with van der Waals surface area (Å²) in [6.45, 7) is 3.29. The molecule has 2 aromatic rings. The van der Waals surface area contributed by atoms with Crippen LogP contribution in [-0.2, 0) is 0 Å². The number of rotatable bonds is 7. The highest BCUT2D eigenvalue weighted by Crippen LogP contribution is 2.28. The molecule has 0 atom stereocenters. The lowest BCUT2D eigenvalue weighted by molar-refractivity contribution is -0.274. The summed E-state index contributed by atoms with van der Waals surface area (Å²) in [6, 6.07) is 13.2. The summed E-state index contributed by atoms with van der Waals surface area (Å²) >= 11 is 1.65. The quantitative estimate of drug-likeness (QED) is 0.441. The van der Waals surface area contributed by atoms with Crippen LogP contribution in [0.5, 0.6) is 11.5 Å². The van der Waals surface area contributed by atoms with Crippen LogP contribution in [0.15, 0.2) is 53.4 Å². The summed E-state index contributed by atoms with van der Waals surface area (Å²) in [5.74, 6) is 1.04. The molecule has 1 aliphatic heterocycles. The van der Waals surface area contributed by atoms with Crippen molar-refractivity contribution in [2.45, 2.75) is 43.4 Å². The van der Waals surface area contributed by atoms with Crippen LogP contribution in [0.25, 0.3) is 0 Å². The molecule has 1 heterocycles. The number of hydrogen-bond donors (Lipinski definition) is 0. The summed E-state index contributed by atoms with van der Waals surface area (Å²) in [5.41, 5.74) is 0.347. The molecule has 34 heavy (non-hydrogen) atoms. The van der Waals surface area contributed by atoms with Crippen LogP contribution in [0.2, 0.25) is 0 Å². The zero-order valence-electron chi connectivity index (χ0n) is 18.9. The Morgan fingerprint density at radius 1 is 0.882 bits per heavy atom. The van der Waals surface area contributed by atoms with E-state index in [-0.39, 0.29) is 11.7 Å². The fourth-order valence-electron chi connectivity index (χ4n) is 4.28. The molecule has 0 spiro atoms. The number of hydrogen-bond acceptors (Lipinski definition) is 5. The van der Waals surface area contributed by atoms with Crippen molar-refractivity contribution in [2.75, 3.05) is 32.8 Å². The molecule has 2 aromatic carbocycles. The largest absolute Gasteiger partial charge is 0.573 e. The molecule has 4 rings (SSSR count). The third-order valence-corrected chi connectivity index (χ3v) is 7.24. The van der Waals surface area contributed by atoms with Gasteiger partial charge in [0.25, 0.3) is 5.91 Å². The molecule has 1 saturated carbocycles. The first-order chi connectivity index (χ1) is 16.4. The van der Waals surface area contributed by atoms with Crippen LogP contribution < -0.4 is 9.47 Å². The number of carbonyl (C=O) groups excluding carboxylic acids is 1. The minimum atomic E-state index is -4.75. The summed E-state index contributed by atoms with van der Waals surface area (Å²) in [5, 5.41) is 0. The molecular formula is C25H29F3N2O3S. The molecule has 5 nitrogen and oxygen atoms in total. The van der Waals surface area contributed by atoms with Gasteiger partial charge in [-0.1, -0.05) is 19.3 Å². The first kappa shape index (κ1) is 24.7. The van der Waals surface area contributed by atoms with Gasteiger partial charge in [-0.3, -0.25) is 4.79 Å². The van der Waals surface area contributed by atoms with Gasteiger partial charge in [-0.2, -0.15) is 0 Å². The zero-order valence-corrected chi connectivity index (χ0v) is 19.7. The van der Waals surface area contributed by atoms with Crippen molar-refractivity contribution in [3.63, 3.8) is 0 Å². The predicted octanol–water partition coefficient (Wildman–Crippen LogP) is 6.01. The van der Waals surface area contributed by atoms with Gasteiger partial charge in [-0.05, 0) is 79.2 Å². The molecular weight excluding hydrogens is 465 g/mol. The number of nitrogens with zero attached hydrogens (tertiary/aromatic N) is 2. The second-order valence-corrected chi connectivity index (χ2v) is 9.84. The molecule has 2 aliphatic rings. The number of halogens is 3. The molecule has 1 aliphatic carbocycles. The molecule has 0 bridgehead atoms. The normalized spacial score (nSPS) is 18.0. The van der Waals surface area contributed by atoms with Crippen LogP contribution in [0.4, 0.5) is 13.2 Å². The van der Waals surface area contributed by atoms with E-state index < -0.39 is 6.36 Å². The van der Waals surface area contributed by atoms with Gasteiger partial charge in [0.1, 0.15) is 11.5 Å². The van der Waals surface area contributed by atoms with E-state index in [2.05, 4.69) is 21.2 Å². The highest BCUT2D eigenvalue weighted by Gasteiger charge is 2.31. The van der Waals surface area contributed by atoms with E-state index in [1.54, 1.807) is 16.8 Å². The number of amides is 1. The lowest BCUT2D eigenvalue weighted by Crippen LogP contribution is -2.46. The maximum absolute atomic E-state index is 12.7. The third kappa shape index (κ3) is 7.30. The van der Waals surface area contributed by atoms with Crippen molar-refractivity contribution in [3.05, 3.63) is 54.1 Å². The van der Waals surface area contributed by atoms with Gasteiger partial charge in [-0.15, -0.1) is 13.2 Å². The molecule has 0 radical (unpaired) electrons. The summed E-state index contributed by atoms with van der Waals surface area (Å²) in [6.07, 6.45) is 1.75. The molecule has 0 N–H and O–H groups in total. The summed E-state index contributed by atoms with van der Waals surface area (Å²) in [4.78, 5) is 15.5. The minimum Gasteiger partial charge on any atom is -0.493 e. The second kappa shape index (κ2) is 11.4. The van der Waals surface area contributed by atoms with E-state index >= 15 is 0 Å². The average molecular weight is 495 g/mol.